The van der Waals surface area contributed by atoms with Crippen molar-refractivity contribution in [2.24, 2.45) is 0 Å². The third kappa shape index (κ3) is 1.77. The monoisotopic (exact) mass is 239 g/mol. The lowest BCUT2D eigenvalue weighted by molar-refractivity contribution is 0.231. The van der Waals surface area contributed by atoms with Gasteiger partial charge in [0.05, 0.1) is 11.0 Å². The van der Waals surface area contributed by atoms with Crippen LogP contribution in [0.4, 0.5) is 0 Å². The molecule has 86 valence electrons. The Morgan fingerprint density at radius 2 is 2.06 bits per heavy atom. The zero-order chi connectivity index (χ0) is 11.8. The zero-order valence-electron chi connectivity index (χ0n) is 8.84. The summed E-state index contributed by atoms with van der Waals surface area (Å²) in [6, 6.07) is 6.71. The fourth-order valence-electron chi connectivity index (χ4n) is 1.81. The largest absolute Gasteiger partial charge is 0.387 e. The molecule has 0 saturated heterocycles. The van der Waals surface area contributed by atoms with Crippen LogP contribution in [0.3, 0.4) is 0 Å². The molecule has 0 aromatic heterocycles. The summed E-state index contributed by atoms with van der Waals surface area (Å²) in [7, 11) is -1.66. The molecule has 5 heteroatoms. The standard InChI is InChI=1S/C11H13NO3S/c1-12-6-10(13)9-7-16(14,15)11-5-3-2-4-8(9)11/h2-5,7,10,12-13H,6H2,1H3. The molecule has 2 rings (SSSR count). The number of aliphatic hydroxyl groups is 1. The molecule has 1 aromatic rings. The highest BCUT2D eigenvalue weighted by Crippen LogP contribution is 2.34. The lowest BCUT2D eigenvalue weighted by Crippen LogP contribution is -2.24. The normalized spacial score (nSPS) is 19.0. The van der Waals surface area contributed by atoms with Crippen molar-refractivity contribution in [3.05, 3.63) is 35.2 Å². The molecule has 16 heavy (non-hydrogen) atoms. The third-order valence-electron chi connectivity index (χ3n) is 2.54. The average molecular weight is 239 g/mol. The first-order valence-corrected chi connectivity index (χ1v) is 6.49. The third-order valence-corrected chi connectivity index (χ3v) is 4.08. The van der Waals surface area contributed by atoms with Crippen molar-refractivity contribution in [2.75, 3.05) is 13.6 Å². The van der Waals surface area contributed by atoms with Crippen LogP contribution in [0.25, 0.3) is 5.57 Å². The minimum atomic E-state index is -3.37. The van der Waals surface area contributed by atoms with Crippen LogP contribution in [0.15, 0.2) is 34.6 Å². The van der Waals surface area contributed by atoms with E-state index in [2.05, 4.69) is 5.32 Å². The Kier molecular flexibility index (Phi) is 2.84. The zero-order valence-corrected chi connectivity index (χ0v) is 9.66. The van der Waals surface area contributed by atoms with Gasteiger partial charge in [-0.15, -0.1) is 0 Å². The Labute approximate surface area is 94.5 Å². The second-order valence-corrected chi connectivity index (χ2v) is 5.45. The first kappa shape index (κ1) is 11.3. The van der Waals surface area contributed by atoms with Crippen molar-refractivity contribution in [1.82, 2.24) is 5.32 Å². The van der Waals surface area contributed by atoms with Gasteiger partial charge in [0, 0.05) is 17.5 Å². The number of hydrogen-bond donors (Lipinski definition) is 2. The fraction of sp³-hybridized carbons (Fsp3) is 0.273. The molecular formula is C11H13NO3S. The molecule has 0 spiro atoms. The Morgan fingerprint density at radius 3 is 2.75 bits per heavy atom. The number of aliphatic hydroxyl groups excluding tert-OH is 1. The minimum absolute atomic E-state index is 0.278. The van der Waals surface area contributed by atoms with E-state index in [1.165, 1.54) is 0 Å². The molecule has 1 aromatic carbocycles. The molecular weight excluding hydrogens is 226 g/mol. The van der Waals surface area contributed by atoms with Gasteiger partial charge < -0.3 is 10.4 Å². The highest BCUT2D eigenvalue weighted by Gasteiger charge is 2.29. The van der Waals surface area contributed by atoms with Crippen LogP contribution < -0.4 is 5.32 Å². The van der Waals surface area contributed by atoms with Crippen molar-refractivity contribution < 1.29 is 13.5 Å². The van der Waals surface area contributed by atoms with Crippen LogP contribution in [0.2, 0.25) is 0 Å². The number of rotatable bonds is 3. The van der Waals surface area contributed by atoms with Crippen LogP contribution in [0.5, 0.6) is 0 Å². The molecule has 0 bridgehead atoms. The smallest absolute Gasteiger partial charge is 0.200 e. The maximum absolute atomic E-state index is 11.8. The van der Waals surface area contributed by atoms with E-state index in [0.717, 1.165) is 5.41 Å². The van der Waals surface area contributed by atoms with E-state index in [4.69, 9.17) is 0 Å². The molecule has 0 radical (unpaired) electrons. The highest BCUT2D eigenvalue weighted by molar-refractivity contribution is 7.95. The van der Waals surface area contributed by atoms with E-state index in [1.54, 1.807) is 31.3 Å². The van der Waals surface area contributed by atoms with Crippen LogP contribution in [0.1, 0.15) is 5.56 Å². The number of benzene rings is 1. The second-order valence-electron chi connectivity index (χ2n) is 3.69. The van der Waals surface area contributed by atoms with Crippen molar-refractivity contribution in [3.8, 4) is 0 Å². The summed E-state index contributed by atoms with van der Waals surface area (Å²) < 4.78 is 23.5. The first-order chi connectivity index (χ1) is 7.56. The fourth-order valence-corrected chi connectivity index (χ4v) is 3.31. The number of likely N-dealkylation sites (N-methyl/N-ethyl adjacent to an activating group) is 1. The molecule has 1 heterocycles. The summed E-state index contributed by atoms with van der Waals surface area (Å²) in [5.74, 6) is 0. The molecule has 1 atom stereocenters. The lowest BCUT2D eigenvalue weighted by Gasteiger charge is -2.11. The Bertz CT molecular complexity index is 534. The number of hydrogen-bond acceptors (Lipinski definition) is 4. The molecule has 2 N–H and O–H groups in total. The van der Waals surface area contributed by atoms with Crippen LogP contribution in [0, 0.1) is 0 Å². The predicted molar refractivity (Wildman–Crippen MR) is 61.5 cm³/mol. The SMILES string of the molecule is CNCC(O)C1=CS(=O)(=O)c2ccccc21. The summed E-state index contributed by atoms with van der Waals surface area (Å²) in [4.78, 5) is 0.278. The number of nitrogens with one attached hydrogen (secondary N) is 1. The van der Waals surface area contributed by atoms with Gasteiger partial charge in [0.2, 0.25) is 9.84 Å². The summed E-state index contributed by atoms with van der Waals surface area (Å²) in [6.07, 6.45) is -0.802. The van der Waals surface area contributed by atoms with Gasteiger partial charge in [-0.3, -0.25) is 0 Å². The van der Waals surface area contributed by atoms with Crippen LogP contribution >= 0.6 is 0 Å². The quantitative estimate of drug-likeness (QED) is 0.801. The van der Waals surface area contributed by atoms with E-state index in [-0.39, 0.29) is 4.90 Å². The molecule has 1 aliphatic heterocycles. The number of sulfone groups is 1. The molecule has 0 amide bonds. The highest BCUT2D eigenvalue weighted by atomic mass is 32.2. The van der Waals surface area contributed by atoms with Gasteiger partial charge in [0.15, 0.2) is 0 Å². The summed E-state index contributed by atoms with van der Waals surface area (Å²) in [5.41, 5.74) is 1.07. The van der Waals surface area contributed by atoms with E-state index < -0.39 is 15.9 Å². The van der Waals surface area contributed by atoms with Crippen LogP contribution in [-0.4, -0.2) is 33.2 Å². The van der Waals surface area contributed by atoms with E-state index in [0.29, 0.717) is 17.7 Å². The van der Waals surface area contributed by atoms with Crippen LogP contribution in [-0.2, 0) is 9.84 Å². The van der Waals surface area contributed by atoms with Gasteiger partial charge in [-0.05, 0) is 18.7 Å². The Hall–Kier alpha value is -1.17. The van der Waals surface area contributed by atoms with Gasteiger partial charge in [0.25, 0.3) is 0 Å². The van der Waals surface area contributed by atoms with E-state index >= 15 is 0 Å². The minimum Gasteiger partial charge on any atom is -0.387 e. The van der Waals surface area contributed by atoms with Gasteiger partial charge >= 0.3 is 0 Å². The molecule has 0 saturated carbocycles. The van der Waals surface area contributed by atoms with E-state index in [9.17, 15) is 13.5 Å². The Morgan fingerprint density at radius 1 is 1.38 bits per heavy atom. The summed E-state index contributed by atoms with van der Waals surface area (Å²) in [5, 5.41) is 13.8. The maximum atomic E-state index is 11.8. The molecule has 0 fully saturated rings. The first-order valence-electron chi connectivity index (χ1n) is 4.95. The van der Waals surface area contributed by atoms with Gasteiger partial charge in [-0.1, -0.05) is 18.2 Å². The Balaban J connectivity index is 2.51. The molecule has 4 nitrogen and oxygen atoms in total. The number of fused-ring (bicyclic) bond motifs is 1. The van der Waals surface area contributed by atoms with E-state index in [1.807, 2.05) is 0 Å². The average Bonchev–Trinajstić information content (AvgIpc) is 2.52. The second kappa shape index (κ2) is 4.01. The van der Waals surface area contributed by atoms with Gasteiger partial charge in [0.1, 0.15) is 0 Å². The molecule has 1 aliphatic rings. The topological polar surface area (TPSA) is 66.4 Å². The van der Waals surface area contributed by atoms with Gasteiger partial charge in [-0.25, -0.2) is 8.42 Å². The predicted octanol–water partition coefficient (Wildman–Crippen LogP) is 0.395. The molecule has 0 aliphatic carbocycles. The van der Waals surface area contributed by atoms with Gasteiger partial charge in [-0.2, -0.15) is 0 Å². The van der Waals surface area contributed by atoms with Crippen molar-refractivity contribution in [2.45, 2.75) is 11.0 Å². The summed E-state index contributed by atoms with van der Waals surface area (Å²) >= 11 is 0. The lowest BCUT2D eigenvalue weighted by atomic mass is 10.0. The van der Waals surface area contributed by atoms with Crippen molar-refractivity contribution in [3.63, 3.8) is 0 Å². The van der Waals surface area contributed by atoms with Crippen molar-refractivity contribution in [1.29, 1.82) is 0 Å². The maximum Gasteiger partial charge on any atom is 0.200 e. The summed E-state index contributed by atoms with van der Waals surface area (Å²) in [6.45, 7) is 0.329. The molecule has 1 unspecified atom stereocenters. The van der Waals surface area contributed by atoms with Crippen molar-refractivity contribution >= 4 is 15.4 Å².